The van der Waals surface area contributed by atoms with Crippen molar-refractivity contribution in [3.05, 3.63) is 47.3 Å². The van der Waals surface area contributed by atoms with Gasteiger partial charge in [0.15, 0.2) is 0 Å². The summed E-state index contributed by atoms with van der Waals surface area (Å²) in [6.45, 7) is 1.98. The zero-order chi connectivity index (χ0) is 11.4. The third-order valence-corrected chi connectivity index (χ3v) is 3.22. The highest BCUT2D eigenvalue weighted by Crippen LogP contribution is 2.22. The monoisotopic (exact) mass is 235 g/mol. The summed E-state index contributed by atoms with van der Waals surface area (Å²) < 4.78 is 4.99. The van der Waals surface area contributed by atoms with E-state index in [2.05, 4.69) is 5.16 Å². The molecule has 0 fully saturated rings. The number of aliphatic hydroxyl groups is 1. The highest BCUT2D eigenvalue weighted by molar-refractivity contribution is 7.98. The average molecular weight is 235 g/mol. The van der Waals surface area contributed by atoms with Gasteiger partial charge in [0.25, 0.3) is 0 Å². The van der Waals surface area contributed by atoms with Crippen molar-refractivity contribution in [2.24, 2.45) is 0 Å². The molecule has 1 heterocycles. The van der Waals surface area contributed by atoms with E-state index in [1.54, 1.807) is 11.8 Å². The minimum atomic E-state index is 0.0907. The first-order chi connectivity index (χ1) is 7.78. The second-order valence-corrected chi connectivity index (χ2v) is 4.57. The fourth-order valence-corrected chi connectivity index (χ4v) is 2.11. The second kappa shape index (κ2) is 5.18. The first kappa shape index (κ1) is 11.2. The molecule has 0 aliphatic rings. The number of rotatable bonds is 4. The minimum absolute atomic E-state index is 0.0907. The number of aromatic nitrogens is 1. The molecule has 0 saturated carbocycles. The van der Waals surface area contributed by atoms with Crippen LogP contribution in [-0.2, 0) is 12.4 Å². The molecular weight excluding hydrogens is 222 g/mol. The van der Waals surface area contributed by atoms with E-state index in [1.807, 2.05) is 37.3 Å². The highest BCUT2D eigenvalue weighted by Gasteiger charge is 2.01. The maximum atomic E-state index is 8.91. The number of aliphatic hydroxyl groups excluding tert-OH is 1. The van der Waals surface area contributed by atoms with Crippen LogP contribution in [-0.4, -0.2) is 10.3 Å². The van der Waals surface area contributed by atoms with Crippen LogP contribution in [0.15, 0.2) is 39.8 Å². The topological polar surface area (TPSA) is 46.3 Å². The first-order valence-electron chi connectivity index (χ1n) is 5.03. The lowest BCUT2D eigenvalue weighted by molar-refractivity contribution is 0.282. The van der Waals surface area contributed by atoms with E-state index < -0.39 is 0 Å². The molecule has 0 spiro atoms. The van der Waals surface area contributed by atoms with Crippen molar-refractivity contribution in [1.29, 1.82) is 0 Å². The summed E-state index contributed by atoms with van der Waals surface area (Å²) in [6.07, 6.45) is 0. The molecule has 1 aromatic heterocycles. The predicted molar refractivity (Wildman–Crippen MR) is 63.2 cm³/mol. The van der Waals surface area contributed by atoms with Crippen molar-refractivity contribution >= 4 is 11.8 Å². The Morgan fingerprint density at radius 3 is 2.62 bits per heavy atom. The van der Waals surface area contributed by atoms with Crippen LogP contribution in [0.1, 0.15) is 17.0 Å². The second-order valence-electron chi connectivity index (χ2n) is 3.52. The first-order valence-corrected chi connectivity index (χ1v) is 6.01. The molecule has 0 bridgehead atoms. The van der Waals surface area contributed by atoms with Gasteiger partial charge in [-0.2, -0.15) is 0 Å². The van der Waals surface area contributed by atoms with Gasteiger partial charge >= 0.3 is 0 Å². The lowest BCUT2D eigenvalue weighted by Gasteiger charge is -2.00. The molecule has 2 aromatic rings. The van der Waals surface area contributed by atoms with Gasteiger partial charge in [0.05, 0.1) is 12.3 Å². The van der Waals surface area contributed by atoms with Crippen LogP contribution in [0.2, 0.25) is 0 Å². The van der Waals surface area contributed by atoms with Crippen molar-refractivity contribution in [3.8, 4) is 0 Å². The van der Waals surface area contributed by atoms with E-state index in [4.69, 9.17) is 9.63 Å². The Hall–Kier alpha value is -1.26. The zero-order valence-electron chi connectivity index (χ0n) is 9.01. The van der Waals surface area contributed by atoms with Crippen LogP contribution < -0.4 is 0 Å². The number of hydrogen-bond donors (Lipinski definition) is 1. The molecule has 0 amide bonds. The summed E-state index contributed by atoms with van der Waals surface area (Å²) in [5.41, 5.74) is 1.88. The summed E-state index contributed by atoms with van der Waals surface area (Å²) in [5, 5.41) is 12.8. The van der Waals surface area contributed by atoms with Crippen molar-refractivity contribution in [2.45, 2.75) is 24.2 Å². The molecule has 0 aliphatic carbocycles. The van der Waals surface area contributed by atoms with Gasteiger partial charge in [-0.3, -0.25) is 0 Å². The van der Waals surface area contributed by atoms with E-state index in [1.165, 1.54) is 0 Å². The Labute approximate surface area is 98.5 Å². The molecule has 84 valence electrons. The van der Waals surface area contributed by atoms with Crippen molar-refractivity contribution in [2.75, 3.05) is 0 Å². The van der Waals surface area contributed by atoms with Gasteiger partial charge in [-0.25, -0.2) is 0 Å². The van der Waals surface area contributed by atoms with Gasteiger partial charge in [-0.15, -0.1) is 11.8 Å². The summed E-state index contributed by atoms with van der Waals surface area (Å²) >= 11 is 1.70. The number of aryl methyl sites for hydroxylation is 1. The Kier molecular flexibility index (Phi) is 3.64. The maximum absolute atomic E-state index is 8.91. The SMILES string of the molecule is Cc1cc(CSc2ccc(CO)cc2)no1. The summed E-state index contributed by atoms with van der Waals surface area (Å²) in [7, 11) is 0. The lowest BCUT2D eigenvalue weighted by atomic mass is 10.2. The Balaban J connectivity index is 1.94. The summed E-state index contributed by atoms with van der Waals surface area (Å²) in [5.74, 6) is 1.64. The normalized spacial score (nSPS) is 10.6. The lowest BCUT2D eigenvalue weighted by Crippen LogP contribution is -1.83. The number of thioether (sulfide) groups is 1. The van der Waals surface area contributed by atoms with Crippen LogP contribution in [0.5, 0.6) is 0 Å². The molecule has 0 radical (unpaired) electrons. The molecule has 0 aliphatic heterocycles. The highest BCUT2D eigenvalue weighted by atomic mass is 32.2. The molecule has 0 unspecified atom stereocenters. The van der Waals surface area contributed by atoms with E-state index in [0.29, 0.717) is 0 Å². The van der Waals surface area contributed by atoms with E-state index in [0.717, 1.165) is 27.7 Å². The molecule has 1 N–H and O–H groups in total. The van der Waals surface area contributed by atoms with Crippen molar-refractivity contribution in [1.82, 2.24) is 5.16 Å². The van der Waals surface area contributed by atoms with Gasteiger partial charge in [0, 0.05) is 16.7 Å². The molecule has 0 atom stereocenters. The third kappa shape index (κ3) is 2.87. The zero-order valence-corrected chi connectivity index (χ0v) is 9.83. The maximum Gasteiger partial charge on any atom is 0.133 e. The van der Waals surface area contributed by atoms with Gasteiger partial charge in [-0.1, -0.05) is 17.3 Å². The largest absolute Gasteiger partial charge is 0.392 e. The van der Waals surface area contributed by atoms with Crippen LogP contribution in [0.25, 0.3) is 0 Å². The van der Waals surface area contributed by atoms with Crippen LogP contribution in [0.4, 0.5) is 0 Å². The molecular formula is C12H13NO2S. The van der Waals surface area contributed by atoms with Crippen LogP contribution in [0.3, 0.4) is 0 Å². The van der Waals surface area contributed by atoms with Gasteiger partial charge < -0.3 is 9.63 Å². The van der Waals surface area contributed by atoms with E-state index in [-0.39, 0.29) is 6.61 Å². The molecule has 16 heavy (non-hydrogen) atoms. The van der Waals surface area contributed by atoms with Crippen LogP contribution >= 0.6 is 11.8 Å². The van der Waals surface area contributed by atoms with Gasteiger partial charge in [0.2, 0.25) is 0 Å². The standard InChI is InChI=1S/C12H13NO2S/c1-9-6-11(13-15-9)8-16-12-4-2-10(7-14)3-5-12/h2-6,14H,7-8H2,1H3. The van der Waals surface area contributed by atoms with E-state index in [9.17, 15) is 0 Å². The Morgan fingerprint density at radius 2 is 2.06 bits per heavy atom. The molecule has 2 rings (SSSR count). The molecule has 3 nitrogen and oxygen atoms in total. The Morgan fingerprint density at radius 1 is 1.31 bits per heavy atom. The molecule has 1 aromatic carbocycles. The fraction of sp³-hybridized carbons (Fsp3) is 0.250. The fourth-order valence-electron chi connectivity index (χ4n) is 1.33. The van der Waals surface area contributed by atoms with Gasteiger partial charge in [0.1, 0.15) is 5.76 Å². The summed E-state index contributed by atoms with van der Waals surface area (Å²) in [6, 6.07) is 9.80. The van der Waals surface area contributed by atoms with E-state index >= 15 is 0 Å². The molecule has 4 heteroatoms. The van der Waals surface area contributed by atoms with Crippen LogP contribution in [0, 0.1) is 6.92 Å². The number of nitrogens with zero attached hydrogens (tertiary/aromatic N) is 1. The smallest absolute Gasteiger partial charge is 0.133 e. The Bertz CT molecular complexity index is 450. The molecule has 0 saturated heterocycles. The number of hydrogen-bond acceptors (Lipinski definition) is 4. The van der Waals surface area contributed by atoms with Crippen molar-refractivity contribution in [3.63, 3.8) is 0 Å². The third-order valence-electron chi connectivity index (χ3n) is 2.17. The van der Waals surface area contributed by atoms with Crippen molar-refractivity contribution < 1.29 is 9.63 Å². The van der Waals surface area contributed by atoms with Gasteiger partial charge in [-0.05, 0) is 24.6 Å². The number of benzene rings is 1. The minimum Gasteiger partial charge on any atom is -0.392 e. The quantitative estimate of drug-likeness (QED) is 0.828. The summed E-state index contributed by atoms with van der Waals surface area (Å²) in [4.78, 5) is 1.16. The predicted octanol–water partition coefficient (Wildman–Crippen LogP) is 2.77. The average Bonchev–Trinajstić information content (AvgIpc) is 2.73.